The molecule has 1 saturated heterocycles. The van der Waals surface area contributed by atoms with Crippen molar-refractivity contribution in [2.45, 2.75) is 83.5 Å². The van der Waals surface area contributed by atoms with Crippen LogP contribution in [0.1, 0.15) is 45.2 Å². The van der Waals surface area contributed by atoms with Crippen LogP contribution in [0.3, 0.4) is 0 Å². The van der Waals surface area contributed by atoms with E-state index in [9.17, 15) is 13.2 Å². The number of hydrogen-bond acceptors (Lipinski definition) is 6. The molecule has 0 spiro atoms. The number of ether oxygens (including phenoxy) is 2. The summed E-state index contributed by atoms with van der Waals surface area (Å²) in [5.41, 5.74) is 1.74. The SMILES string of the molecule is CC[Si](CC)(CC)OC[C@H]1[C@@H](N(Cc2ccc(OC)cc2)S(C)(=O)=O)C[C@@H](C)N1C(=O)OCc1ccccc1. The molecule has 0 saturated carbocycles. The van der Waals surface area contributed by atoms with Crippen molar-refractivity contribution >= 4 is 24.4 Å². The summed E-state index contributed by atoms with van der Waals surface area (Å²) in [6.45, 7) is 9.06. The van der Waals surface area contributed by atoms with Crippen LogP contribution in [-0.4, -0.2) is 70.1 Å². The average molecular weight is 577 g/mol. The summed E-state index contributed by atoms with van der Waals surface area (Å²) in [5.74, 6) is 0.706. The molecule has 216 valence electrons. The van der Waals surface area contributed by atoms with Gasteiger partial charge in [-0.15, -0.1) is 0 Å². The molecular formula is C29H44N2O6SSi. The van der Waals surface area contributed by atoms with Gasteiger partial charge in [0.25, 0.3) is 0 Å². The minimum Gasteiger partial charge on any atom is -0.497 e. The fraction of sp³-hybridized carbons (Fsp3) is 0.552. The van der Waals surface area contributed by atoms with E-state index < -0.39 is 36.5 Å². The summed E-state index contributed by atoms with van der Waals surface area (Å²) < 4.78 is 45.6. The standard InChI is InChI=1S/C29H44N2O6SSi/c1-7-39(8-2,9-3)37-22-28-27(30(38(6,33)34)20-24-15-17-26(35-5)18-16-24)19-23(4)31(28)29(32)36-21-25-13-11-10-12-14-25/h10-18,23,27-28H,7-9,19-22H2,1-6H3/t23-,27+,28+/m1/s1. The number of sulfonamides is 1. The van der Waals surface area contributed by atoms with E-state index in [0.29, 0.717) is 12.2 Å². The summed E-state index contributed by atoms with van der Waals surface area (Å²) in [6.07, 6.45) is 1.28. The Balaban J connectivity index is 1.92. The number of carbonyl (C=O) groups excluding carboxylic acids is 1. The highest BCUT2D eigenvalue weighted by Crippen LogP contribution is 2.34. The van der Waals surface area contributed by atoms with Crippen molar-refractivity contribution in [1.29, 1.82) is 0 Å². The first-order valence-corrected chi connectivity index (χ1v) is 18.2. The van der Waals surface area contributed by atoms with Crippen molar-refractivity contribution < 1.29 is 27.1 Å². The molecule has 1 aliphatic heterocycles. The Hall–Kier alpha value is -2.40. The fourth-order valence-electron chi connectivity index (χ4n) is 5.45. The first-order chi connectivity index (χ1) is 18.6. The summed E-state index contributed by atoms with van der Waals surface area (Å²) in [7, 11) is -4.02. The van der Waals surface area contributed by atoms with E-state index in [1.165, 1.54) is 10.6 Å². The summed E-state index contributed by atoms with van der Waals surface area (Å²) in [6, 6.07) is 18.7. The highest BCUT2D eigenvalue weighted by molar-refractivity contribution is 7.88. The number of rotatable bonds is 13. The molecule has 39 heavy (non-hydrogen) atoms. The van der Waals surface area contributed by atoms with E-state index in [2.05, 4.69) is 20.8 Å². The van der Waals surface area contributed by atoms with Gasteiger partial charge >= 0.3 is 6.09 Å². The van der Waals surface area contributed by atoms with Crippen molar-refractivity contribution in [1.82, 2.24) is 9.21 Å². The second kappa shape index (κ2) is 13.8. The summed E-state index contributed by atoms with van der Waals surface area (Å²) in [5, 5.41) is 0. The van der Waals surface area contributed by atoms with Crippen molar-refractivity contribution in [2.24, 2.45) is 0 Å². The molecule has 1 aliphatic rings. The largest absolute Gasteiger partial charge is 0.497 e. The lowest BCUT2D eigenvalue weighted by atomic mass is 10.1. The van der Waals surface area contributed by atoms with Crippen LogP contribution in [0.25, 0.3) is 0 Å². The lowest BCUT2D eigenvalue weighted by molar-refractivity contribution is 0.0614. The molecule has 1 amide bonds. The molecule has 0 aromatic heterocycles. The minimum absolute atomic E-state index is 0.153. The highest BCUT2D eigenvalue weighted by atomic mass is 32.2. The topological polar surface area (TPSA) is 85.4 Å². The van der Waals surface area contributed by atoms with E-state index in [4.69, 9.17) is 13.9 Å². The Kier molecular flexibility index (Phi) is 11.0. The van der Waals surface area contributed by atoms with Crippen LogP contribution in [0.2, 0.25) is 18.1 Å². The van der Waals surface area contributed by atoms with Crippen molar-refractivity contribution in [3.63, 3.8) is 0 Å². The first kappa shape index (κ1) is 31.1. The molecule has 0 aliphatic carbocycles. The molecule has 10 heteroatoms. The predicted molar refractivity (Wildman–Crippen MR) is 157 cm³/mol. The zero-order valence-corrected chi connectivity index (χ0v) is 25.9. The second-order valence-corrected chi connectivity index (χ2v) is 17.1. The van der Waals surface area contributed by atoms with Gasteiger partial charge in [0.05, 0.1) is 26.0 Å². The van der Waals surface area contributed by atoms with Gasteiger partial charge in [-0.3, -0.25) is 4.90 Å². The number of likely N-dealkylation sites (tertiary alicyclic amines) is 1. The van der Waals surface area contributed by atoms with Crippen molar-refractivity contribution in [2.75, 3.05) is 20.0 Å². The molecular weight excluding hydrogens is 532 g/mol. The van der Waals surface area contributed by atoms with Crippen molar-refractivity contribution in [3.8, 4) is 5.75 Å². The Labute approximate surface area is 235 Å². The maximum atomic E-state index is 13.5. The van der Waals surface area contributed by atoms with Crippen LogP contribution in [-0.2, 0) is 32.3 Å². The van der Waals surface area contributed by atoms with Gasteiger partial charge in [-0.05, 0) is 54.7 Å². The third-order valence-electron chi connectivity index (χ3n) is 8.06. The molecule has 3 rings (SSSR count). The van der Waals surface area contributed by atoms with Gasteiger partial charge in [0, 0.05) is 18.6 Å². The molecule has 0 bridgehead atoms. The number of hydrogen-bond donors (Lipinski definition) is 0. The molecule has 0 radical (unpaired) electrons. The van der Waals surface area contributed by atoms with E-state index >= 15 is 0 Å². The van der Waals surface area contributed by atoms with Gasteiger partial charge in [-0.1, -0.05) is 63.2 Å². The van der Waals surface area contributed by atoms with Gasteiger partial charge in [-0.25, -0.2) is 13.2 Å². The van der Waals surface area contributed by atoms with Crippen LogP contribution in [0, 0.1) is 0 Å². The first-order valence-electron chi connectivity index (χ1n) is 13.8. The third kappa shape index (κ3) is 7.84. The maximum Gasteiger partial charge on any atom is 0.410 e. The van der Waals surface area contributed by atoms with Crippen LogP contribution in [0.15, 0.2) is 54.6 Å². The number of benzene rings is 2. The number of methoxy groups -OCH3 is 1. The molecule has 3 atom stereocenters. The minimum atomic E-state index is -3.61. The van der Waals surface area contributed by atoms with E-state index in [1.807, 2.05) is 61.5 Å². The molecule has 0 unspecified atom stereocenters. The van der Waals surface area contributed by atoms with Gasteiger partial charge in [0.15, 0.2) is 8.32 Å². The quantitative estimate of drug-likeness (QED) is 0.287. The van der Waals surface area contributed by atoms with Crippen LogP contribution in [0.4, 0.5) is 4.79 Å². The normalized spacial score (nSPS) is 19.9. The van der Waals surface area contributed by atoms with E-state index in [0.717, 1.165) is 29.3 Å². The summed E-state index contributed by atoms with van der Waals surface area (Å²) >= 11 is 0. The number of carbonyl (C=O) groups is 1. The maximum absolute atomic E-state index is 13.5. The Morgan fingerprint density at radius 1 is 1.00 bits per heavy atom. The van der Waals surface area contributed by atoms with Gasteiger partial charge in [0.1, 0.15) is 12.4 Å². The lowest BCUT2D eigenvalue weighted by Crippen LogP contribution is -2.53. The fourth-order valence-corrected chi connectivity index (χ4v) is 9.19. The van der Waals surface area contributed by atoms with Crippen molar-refractivity contribution in [3.05, 3.63) is 65.7 Å². The third-order valence-corrected chi connectivity index (χ3v) is 14.0. The predicted octanol–water partition coefficient (Wildman–Crippen LogP) is 5.65. The number of nitrogens with zero attached hydrogens (tertiary/aromatic N) is 2. The molecule has 8 nitrogen and oxygen atoms in total. The lowest BCUT2D eigenvalue weighted by Gasteiger charge is -2.37. The van der Waals surface area contributed by atoms with Crippen LogP contribution >= 0.6 is 0 Å². The van der Waals surface area contributed by atoms with Gasteiger partial charge in [0.2, 0.25) is 10.0 Å². The molecule has 0 N–H and O–H groups in total. The van der Waals surface area contributed by atoms with E-state index in [-0.39, 0.29) is 25.8 Å². The zero-order chi connectivity index (χ0) is 28.6. The number of amides is 1. The highest BCUT2D eigenvalue weighted by Gasteiger charge is 2.48. The molecule has 2 aromatic rings. The smallest absolute Gasteiger partial charge is 0.410 e. The Morgan fingerprint density at radius 2 is 1.62 bits per heavy atom. The monoisotopic (exact) mass is 576 g/mol. The van der Waals surface area contributed by atoms with E-state index in [1.54, 1.807) is 12.0 Å². The molecule has 1 fully saturated rings. The van der Waals surface area contributed by atoms with Gasteiger partial charge in [-0.2, -0.15) is 4.31 Å². The average Bonchev–Trinajstić information content (AvgIpc) is 3.27. The Bertz CT molecular complexity index is 1150. The molecule has 2 aromatic carbocycles. The van der Waals surface area contributed by atoms with Gasteiger partial charge < -0.3 is 13.9 Å². The van der Waals surface area contributed by atoms with Crippen LogP contribution in [0.5, 0.6) is 5.75 Å². The zero-order valence-electron chi connectivity index (χ0n) is 24.1. The second-order valence-electron chi connectivity index (χ2n) is 10.4. The Morgan fingerprint density at radius 3 is 2.15 bits per heavy atom. The molecule has 1 heterocycles. The summed E-state index contributed by atoms with van der Waals surface area (Å²) in [4.78, 5) is 15.2. The van der Waals surface area contributed by atoms with Crippen LogP contribution < -0.4 is 4.74 Å².